The van der Waals surface area contributed by atoms with Gasteiger partial charge < -0.3 is 19.2 Å². The van der Waals surface area contributed by atoms with E-state index in [2.05, 4.69) is 4.98 Å². The number of hydrogen-bond donors (Lipinski definition) is 1. The Labute approximate surface area is 199 Å². The van der Waals surface area contributed by atoms with Gasteiger partial charge in [-0.25, -0.2) is 9.78 Å². The molecule has 0 saturated carbocycles. The zero-order valence-corrected chi connectivity index (χ0v) is 18.8. The van der Waals surface area contributed by atoms with Gasteiger partial charge in [0.2, 0.25) is 11.8 Å². The Bertz CT molecular complexity index is 1220. The molecular formula is C25H23F3N2O5. The smallest absolute Gasteiger partial charge is 0.416 e. The maximum absolute atomic E-state index is 12.8. The van der Waals surface area contributed by atoms with Gasteiger partial charge in [-0.05, 0) is 61.7 Å². The summed E-state index contributed by atoms with van der Waals surface area (Å²) in [5, 5.41) is 9.29. The quantitative estimate of drug-likeness (QED) is 0.510. The number of halogens is 3. The van der Waals surface area contributed by atoms with E-state index in [0.29, 0.717) is 47.7 Å². The monoisotopic (exact) mass is 488 g/mol. The first-order chi connectivity index (χ1) is 16.6. The number of hydrogen-bond acceptors (Lipinski definition) is 5. The topological polar surface area (TPSA) is 92.9 Å². The summed E-state index contributed by atoms with van der Waals surface area (Å²) in [6.45, 7) is 2.17. The van der Waals surface area contributed by atoms with E-state index < -0.39 is 23.8 Å². The molecule has 1 aliphatic rings. The third kappa shape index (κ3) is 5.64. The Kier molecular flexibility index (Phi) is 6.81. The Morgan fingerprint density at radius 3 is 2.63 bits per heavy atom. The van der Waals surface area contributed by atoms with Crippen molar-refractivity contribution in [3.8, 4) is 17.2 Å². The molecule has 3 aromatic rings. The van der Waals surface area contributed by atoms with Crippen LogP contribution in [0, 0.1) is 6.92 Å². The SMILES string of the molecule is Cc1oc(-c2ccc(C(F)(F)F)cc2)nc1COc1cccc(CC(=O)N2CCC[C@@H]2C(=O)O)c1. The predicted molar refractivity (Wildman–Crippen MR) is 119 cm³/mol. The lowest BCUT2D eigenvalue weighted by atomic mass is 10.1. The lowest BCUT2D eigenvalue weighted by molar-refractivity contribution is -0.148. The van der Waals surface area contributed by atoms with Crippen LogP contribution in [0.3, 0.4) is 0 Å². The van der Waals surface area contributed by atoms with Gasteiger partial charge in [0, 0.05) is 12.1 Å². The summed E-state index contributed by atoms with van der Waals surface area (Å²) < 4.78 is 49.7. The molecule has 1 atom stereocenters. The molecule has 0 bridgehead atoms. The molecule has 10 heteroatoms. The molecule has 184 valence electrons. The highest BCUT2D eigenvalue weighted by Crippen LogP contribution is 2.31. The van der Waals surface area contributed by atoms with Crippen molar-refractivity contribution in [2.75, 3.05) is 6.54 Å². The van der Waals surface area contributed by atoms with Gasteiger partial charge in [0.05, 0.1) is 12.0 Å². The summed E-state index contributed by atoms with van der Waals surface area (Å²) in [4.78, 5) is 29.7. The third-order valence-electron chi connectivity index (χ3n) is 5.84. The molecule has 1 aliphatic heterocycles. The molecule has 7 nitrogen and oxygen atoms in total. The summed E-state index contributed by atoms with van der Waals surface area (Å²) in [7, 11) is 0. The number of benzene rings is 2. The highest BCUT2D eigenvalue weighted by molar-refractivity contribution is 5.85. The lowest BCUT2D eigenvalue weighted by Crippen LogP contribution is -2.41. The fraction of sp³-hybridized carbons (Fsp3) is 0.320. The van der Waals surface area contributed by atoms with Crippen molar-refractivity contribution in [3.63, 3.8) is 0 Å². The maximum Gasteiger partial charge on any atom is 0.416 e. The van der Waals surface area contributed by atoms with E-state index in [-0.39, 0.29) is 24.8 Å². The molecular weight excluding hydrogens is 465 g/mol. The van der Waals surface area contributed by atoms with Crippen LogP contribution in [0.25, 0.3) is 11.5 Å². The van der Waals surface area contributed by atoms with E-state index in [1.165, 1.54) is 17.0 Å². The molecule has 1 amide bonds. The number of aliphatic carboxylic acids is 1. The minimum Gasteiger partial charge on any atom is -0.487 e. The van der Waals surface area contributed by atoms with Crippen LogP contribution >= 0.6 is 0 Å². The zero-order chi connectivity index (χ0) is 25.2. The van der Waals surface area contributed by atoms with Crippen molar-refractivity contribution in [1.29, 1.82) is 0 Å². The van der Waals surface area contributed by atoms with Crippen molar-refractivity contribution in [1.82, 2.24) is 9.88 Å². The second-order valence-electron chi connectivity index (χ2n) is 8.29. The highest BCUT2D eigenvalue weighted by Gasteiger charge is 2.33. The minimum absolute atomic E-state index is 0.0561. The summed E-state index contributed by atoms with van der Waals surface area (Å²) in [5.74, 6) is -0.0927. The van der Waals surface area contributed by atoms with Gasteiger partial charge in [-0.1, -0.05) is 12.1 Å². The second-order valence-corrected chi connectivity index (χ2v) is 8.29. The van der Waals surface area contributed by atoms with Gasteiger partial charge in [-0.2, -0.15) is 13.2 Å². The maximum atomic E-state index is 12.8. The minimum atomic E-state index is -4.42. The molecule has 0 unspecified atom stereocenters. The standard InChI is InChI=1S/C25H23F3N2O5/c1-15-20(29-23(35-15)17-7-9-18(10-8-17)25(26,27)28)14-34-19-5-2-4-16(12-19)13-22(31)30-11-3-6-21(30)24(32)33/h2,4-5,7-10,12,21H,3,6,11,13-14H2,1H3,(H,32,33)/t21-/m1/s1. The molecule has 4 rings (SSSR count). The molecule has 2 heterocycles. The number of carbonyl (C=O) groups is 2. The first-order valence-corrected chi connectivity index (χ1v) is 11.0. The first-order valence-electron chi connectivity index (χ1n) is 11.0. The van der Waals surface area contributed by atoms with Crippen LogP contribution in [0.5, 0.6) is 5.75 Å². The number of rotatable bonds is 7. The van der Waals surface area contributed by atoms with Crippen molar-refractivity contribution in [2.45, 2.75) is 45.0 Å². The van der Waals surface area contributed by atoms with Crippen molar-refractivity contribution < 1.29 is 37.0 Å². The van der Waals surface area contributed by atoms with Gasteiger partial charge >= 0.3 is 12.1 Å². The third-order valence-corrected chi connectivity index (χ3v) is 5.84. The van der Waals surface area contributed by atoms with Crippen LogP contribution in [0.15, 0.2) is 52.9 Å². The number of carboxylic acids is 1. The van der Waals surface area contributed by atoms with Gasteiger partial charge in [-0.15, -0.1) is 0 Å². The molecule has 35 heavy (non-hydrogen) atoms. The lowest BCUT2D eigenvalue weighted by Gasteiger charge is -2.21. The molecule has 0 aliphatic carbocycles. The number of aromatic nitrogens is 1. The number of oxazole rings is 1. The van der Waals surface area contributed by atoms with Crippen LogP contribution in [0.2, 0.25) is 0 Å². The van der Waals surface area contributed by atoms with E-state index in [1.807, 2.05) is 0 Å². The normalized spacial score (nSPS) is 15.9. The average Bonchev–Trinajstić information content (AvgIpc) is 3.45. The second kappa shape index (κ2) is 9.81. The zero-order valence-electron chi connectivity index (χ0n) is 18.8. The largest absolute Gasteiger partial charge is 0.487 e. The molecule has 1 saturated heterocycles. The molecule has 0 spiro atoms. The summed E-state index contributed by atoms with van der Waals surface area (Å²) in [6, 6.07) is 10.7. The van der Waals surface area contributed by atoms with Crippen LogP contribution in [-0.4, -0.2) is 39.5 Å². The first kappa shape index (κ1) is 24.3. The van der Waals surface area contributed by atoms with Crippen LogP contribution in [-0.2, 0) is 28.8 Å². The molecule has 1 N–H and O–H groups in total. The average molecular weight is 488 g/mol. The number of alkyl halides is 3. The van der Waals surface area contributed by atoms with E-state index in [1.54, 1.807) is 31.2 Å². The number of nitrogens with zero attached hydrogens (tertiary/aromatic N) is 2. The number of amides is 1. The van der Waals surface area contributed by atoms with E-state index in [0.717, 1.165) is 12.1 Å². The van der Waals surface area contributed by atoms with Gasteiger partial charge in [0.15, 0.2) is 0 Å². The molecule has 0 radical (unpaired) electrons. The Hall–Kier alpha value is -3.82. The van der Waals surface area contributed by atoms with Gasteiger partial charge in [0.25, 0.3) is 0 Å². The molecule has 1 aromatic heterocycles. The number of likely N-dealkylation sites (tertiary alicyclic amines) is 1. The Morgan fingerprint density at radius 1 is 1.20 bits per heavy atom. The molecule has 1 fully saturated rings. The van der Waals surface area contributed by atoms with Crippen LogP contribution < -0.4 is 4.74 Å². The van der Waals surface area contributed by atoms with E-state index in [9.17, 15) is 27.9 Å². The summed E-state index contributed by atoms with van der Waals surface area (Å²) in [6.07, 6.45) is -3.25. The number of aryl methyl sites for hydroxylation is 1. The highest BCUT2D eigenvalue weighted by atomic mass is 19.4. The number of carboxylic acid groups (broad SMARTS) is 1. The fourth-order valence-electron chi connectivity index (χ4n) is 3.98. The fourth-order valence-corrected chi connectivity index (χ4v) is 3.98. The number of ether oxygens (including phenoxy) is 1. The summed E-state index contributed by atoms with van der Waals surface area (Å²) in [5.41, 5.74) is 0.831. The van der Waals surface area contributed by atoms with Crippen LogP contribution in [0.4, 0.5) is 13.2 Å². The van der Waals surface area contributed by atoms with E-state index in [4.69, 9.17) is 9.15 Å². The van der Waals surface area contributed by atoms with Crippen molar-refractivity contribution in [2.24, 2.45) is 0 Å². The Morgan fingerprint density at radius 2 is 1.94 bits per heavy atom. The van der Waals surface area contributed by atoms with Gasteiger partial charge in [0.1, 0.15) is 29.9 Å². The molecule has 2 aromatic carbocycles. The van der Waals surface area contributed by atoms with Gasteiger partial charge in [-0.3, -0.25) is 4.79 Å². The summed E-state index contributed by atoms with van der Waals surface area (Å²) >= 11 is 0. The van der Waals surface area contributed by atoms with Crippen molar-refractivity contribution in [3.05, 3.63) is 71.1 Å². The predicted octanol–water partition coefficient (Wildman–Crippen LogP) is 4.87. The number of carbonyl (C=O) groups excluding carboxylic acids is 1. The van der Waals surface area contributed by atoms with Crippen molar-refractivity contribution >= 4 is 11.9 Å². The van der Waals surface area contributed by atoms with E-state index >= 15 is 0 Å². The Balaban J connectivity index is 1.40. The van der Waals surface area contributed by atoms with Crippen LogP contribution in [0.1, 0.15) is 35.4 Å².